The summed E-state index contributed by atoms with van der Waals surface area (Å²) in [6, 6.07) is 3.41. The van der Waals surface area contributed by atoms with E-state index in [0.717, 1.165) is 41.5 Å². The van der Waals surface area contributed by atoms with E-state index < -0.39 is 5.97 Å². The van der Waals surface area contributed by atoms with E-state index in [0.29, 0.717) is 5.56 Å². The van der Waals surface area contributed by atoms with Crippen molar-refractivity contribution in [2.75, 3.05) is 0 Å². The number of hydrogen-bond donors (Lipinski definition) is 1. The molecule has 1 aromatic heterocycles. The summed E-state index contributed by atoms with van der Waals surface area (Å²) >= 11 is 0. The molecule has 4 nitrogen and oxygen atoms in total. The third-order valence-electron chi connectivity index (χ3n) is 4.56. The van der Waals surface area contributed by atoms with Crippen molar-refractivity contribution in [2.24, 2.45) is 0 Å². The second kappa shape index (κ2) is 6.42. The molecule has 0 saturated carbocycles. The van der Waals surface area contributed by atoms with Crippen molar-refractivity contribution in [1.29, 1.82) is 0 Å². The highest BCUT2D eigenvalue weighted by atomic mass is 16.4. The Morgan fingerprint density at radius 2 is 1.83 bits per heavy atom. The van der Waals surface area contributed by atoms with Crippen LogP contribution >= 0.6 is 0 Å². The Labute approximate surface area is 143 Å². The Kier molecular flexibility index (Phi) is 4.88. The molecule has 1 N–H and O–H groups in total. The van der Waals surface area contributed by atoms with Crippen LogP contribution in [0.15, 0.2) is 12.1 Å². The number of unbranched alkanes of at least 4 members (excludes halogenated alkanes) is 1. The van der Waals surface area contributed by atoms with Crippen LogP contribution in [-0.4, -0.2) is 21.4 Å². The van der Waals surface area contributed by atoms with Crippen LogP contribution < -0.4 is 0 Å². The fraction of sp³-hybridized carbons (Fsp3) is 0.500. The molecule has 0 aliphatic rings. The first-order valence-electron chi connectivity index (χ1n) is 8.51. The molecule has 0 fully saturated rings. The fourth-order valence-electron chi connectivity index (χ4n) is 3.35. The van der Waals surface area contributed by atoms with Crippen molar-refractivity contribution >= 4 is 22.7 Å². The maximum Gasteiger partial charge on any atom is 0.335 e. The van der Waals surface area contributed by atoms with Gasteiger partial charge in [-0.1, -0.05) is 34.1 Å². The molecule has 1 heterocycles. The average Bonchev–Trinajstić information content (AvgIpc) is 2.74. The number of ketones is 1. The number of aryl methyl sites for hydroxylation is 1. The van der Waals surface area contributed by atoms with Gasteiger partial charge < -0.3 is 9.67 Å². The van der Waals surface area contributed by atoms with Gasteiger partial charge in [-0.15, -0.1) is 0 Å². The van der Waals surface area contributed by atoms with E-state index >= 15 is 0 Å². The predicted molar refractivity (Wildman–Crippen MR) is 97.2 cm³/mol. The van der Waals surface area contributed by atoms with Gasteiger partial charge in [0.05, 0.1) is 11.1 Å². The zero-order valence-corrected chi connectivity index (χ0v) is 15.5. The van der Waals surface area contributed by atoms with Gasteiger partial charge in [0, 0.05) is 23.2 Å². The molecular formula is C20H27NO3. The standard InChI is InChI=1S/C20H27NO3/c1-7-8-9-21-12(2)17(13(3)22)15-10-14(19(23)24)11-16(18(15)21)20(4,5)6/h10-11H,7-9H2,1-6H3,(H,23,24). The average molecular weight is 329 g/mol. The van der Waals surface area contributed by atoms with Crippen LogP contribution in [0, 0.1) is 6.92 Å². The molecule has 0 aliphatic carbocycles. The van der Waals surface area contributed by atoms with Crippen LogP contribution in [-0.2, 0) is 12.0 Å². The van der Waals surface area contributed by atoms with Gasteiger partial charge >= 0.3 is 5.97 Å². The Morgan fingerprint density at radius 3 is 2.29 bits per heavy atom. The molecule has 0 radical (unpaired) electrons. The number of nitrogens with zero attached hydrogens (tertiary/aromatic N) is 1. The SMILES string of the molecule is CCCCn1c(C)c(C(C)=O)c2cc(C(=O)O)cc(C(C)(C)C)c21. The van der Waals surface area contributed by atoms with Gasteiger partial charge in [-0.25, -0.2) is 4.79 Å². The highest BCUT2D eigenvalue weighted by molar-refractivity contribution is 6.10. The van der Waals surface area contributed by atoms with E-state index in [4.69, 9.17) is 0 Å². The van der Waals surface area contributed by atoms with Crippen molar-refractivity contribution in [3.63, 3.8) is 0 Å². The number of fused-ring (bicyclic) bond motifs is 1. The van der Waals surface area contributed by atoms with Crippen LogP contribution in [0.1, 0.15) is 79.4 Å². The molecule has 1 aromatic carbocycles. The number of hydrogen-bond acceptors (Lipinski definition) is 2. The van der Waals surface area contributed by atoms with Crippen LogP contribution in [0.2, 0.25) is 0 Å². The molecule has 0 aliphatic heterocycles. The smallest absolute Gasteiger partial charge is 0.335 e. The Hall–Kier alpha value is -2.10. The van der Waals surface area contributed by atoms with Crippen molar-refractivity contribution in [2.45, 2.75) is 66.3 Å². The van der Waals surface area contributed by atoms with E-state index in [1.165, 1.54) is 0 Å². The van der Waals surface area contributed by atoms with Crippen LogP contribution in [0.4, 0.5) is 0 Å². The normalized spacial score (nSPS) is 11.9. The molecule has 2 rings (SSSR count). The number of rotatable bonds is 5. The minimum absolute atomic E-state index is 0.0184. The van der Waals surface area contributed by atoms with Crippen molar-refractivity contribution in [3.8, 4) is 0 Å². The summed E-state index contributed by atoms with van der Waals surface area (Å²) in [5.41, 5.74) is 3.58. The largest absolute Gasteiger partial charge is 0.478 e. The zero-order chi connectivity index (χ0) is 18.2. The van der Waals surface area contributed by atoms with Crippen LogP contribution in [0.3, 0.4) is 0 Å². The highest BCUT2D eigenvalue weighted by Gasteiger charge is 2.26. The maximum absolute atomic E-state index is 12.2. The van der Waals surface area contributed by atoms with E-state index in [2.05, 4.69) is 32.3 Å². The van der Waals surface area contributed by atoms with E-state index in [1.54, 1.807) is 19.1 Å². The molecule has 130 valence electrons. The van der Waals surface area contributed by atoms with Crippen molar-refractivity contribution in [3.05, 3.63) is 34.5 Å². The number of carbonyl (C=O) groups excluding carboxylic acids is 1. The van der Waals surface area contributed by atoms with Gasteiger partial charge in [0.15, 0.2) is 5.78 Å². The molecular weight excluding hydrogens is 302 g/mol. The fourth-order valence-corrected chi connectivity index (χ4v) is 3.35. The minimum Gasteiger partial charge on any atom is -0.478 e. The summed E-state index contributed by atoms with van der Waals surface area (Å²) < 4.78 is 2.20. The topological polar surface area (TPSA) is 59.3 Å². The number of Topliss-reactive ketones (excluding diaryl/α,β-unsaturated/α-hetero) is 1. The molecule has 0 unspecified atom stereocenters. The molecule has 0 amide bonds. The van der Waals surface area contributed by atoms with Crippen molar-refractivity contribution in [1.82, 2.24) is 4.57 Å². The van der Waals surface area contributed by atoms with E-state index in [9.17, 15) is 14.7 Å². The Bertz CT molecular complexity index is 807. The lowest BCUT2D eigenvalue weighted by Crippen LogP contribution is -2.15. The first kappa shape index (κ1) is 18.2. The molecule has 0 bridgehead atoms. The third-order valence-corrected chi connectivity index (χ3v) is 4.56. The van der Waals surface area contributed by atoms with Crippen molar-refractivity contribution < 1.29 is 14.7 Å². The molecule has 24 heavy (non-hydrogen) atoms. The summed E-state index contributed by atoms with van der Waals surface area (Å²) in [5.74, 6) is -0.981. The number of carboxylic acids is 1. The minimum atomic E-state index is -0.962. The summed E-state index contributed by atoms with van der Waals surface area (Å²) in [7, 11) is 0. The van der Waals surface area contributed by atoms with Gasteiger partial charge in [0.1, 0.15) is 0 Å². The van der Waals surface area contributed by atoms with E-state index in [1.807, 2.05) is 6.92 Å². The molecule has 4 heteroatoms. The van der Waals surface area contributed by atoms with Gasteiger partial charge in [-0.05, 0) is 43.4 Å². The third kappa shape index (κ3) is 3.10. The first-order chi connectivity index (χ1) is 11.1. The first-order valence-corrected chi connectivity index (χ1v) is 8.51. The Morgan fingerprint density at radius 1 is 1.21 bits per heavy atom. The number of aromatic carboxylic acids is 1. The van der Waals surface area contributed by atoms with Gasteiger partial charge in [-0.2, -0.15) is 0 Å². The van der Waals surface area contributed by atoms with Gasteiger partial charge in [0.25, 0.3) is 0 Å². The van der Waals surface area contributed by atoms with Gasteiger partial charge in [-0.3, -0.25) is 4.79 Å². The Balaban J connectivity index is 2.99. The van der Waals surface area contributed by atoms with E-state index in [-0.39, 0.29) is 16.8 Å². The maximum atomic E-state index is 12.2. The quantitative estimate of drug-likeness (QED) is 0.790. The number of carbonyl (C=O) groups is 2. The van der Waals surface area contributed by atoms with Crippen LogP contribution in [0.5, 0.6) is 0 Å². The number of carboxylic acid groups (broad SMARTS) is 1. The second-order valence-corrected chi connectivity index (χ2v) is 7.50. The lowest BCUT2D eigenvalue weighted by molar-refractivity contribution is 0.0696. The summed E-state index contributed by atoms with van der Waals surface area (Å²) in [6.07, 6.45) is 2.08. The molecule has 0 spiro atoms. The zero-order valence-electron chi connectivity index (χ0n) is 15.5. The van der Waals surface area contributed by atoms with Gasteiger partial charge in [0.2, 0.25) is 0 Å². The summed E-state index contributed by atoms with van der Waals surface area (Å²) in [5, 5.41) is 10.3. The molecule has 2 aromatic rings. The summed E-state index contributed by atoms with van der Waals surface area (Å²) in [6.45, 7) is 12.7. The van der Waals surface area contributed by atoms with Crippen LogP contribution in [0.25, 0.3) is 10.9 Å². The lowest BCUT2D eigenvalue weighted by Gasteiger charge is -2.23. The molecule has 0 saturated heterocycles. The number of benzene rings is 1. The lowest BCUT2D eigenvalue weighted by atomic mass is 9.84. The highest BCUT2D eigenvalue weighted by Crippen LogP contribution is 2.36. The predicted octanol–water partition coefficient (Wildman–Crippen LogP) is 4.95. The second-order valence-electron chi connectivity index (χ2n) is 7.50. The number of aromatic nitrogens is 1. The monoisotopic (exact) mass is 329 g/mol. The summed E-state index contributed by atoms with van der Waals surface area (Å²) in [4.78, 5) is 23.8. The molecule has 0 atom stereocenters.